The number of benzene rings is 2. The van der Waals surface area contributed by atoms with Crippen LogP contribution in [0.2, 0.25) is 0 Å². The highest BCUT2D eigenvalue weighted by Gasteiger charge is 2.29. The Kier molecular flexibility index (Phi) is 7.65. The fourth-order valence-corrected chi connectivity index (χ4v) is 3.49. The van der Waals surface area contributed by atoms with Crippen molar-refractivity contribution in [1.82, 2.24) is 5.32 Å². The third-order valence-corrected chi connectivity index (χ3v) is 5.16. The molecule has 1 saturated heterocycles. The fourth-order valence-electron chi connectivity index (χ4n) is 3.49. The zero-order chi connectivity index (χ0) is 22.3. The lowest BCUT2D eigenvalue weighted by Gasteiger charge is -2.17. The number of hydrogen-bond donors (Lipinski definition) is 1. The number of anilines is 1. The topological polar surface area (TPSA) is 50.8 Å². The monoisotopic (exact) mass is 436 g/mol. The molecule has 1 N–H and O–H groups in total. The number of alkyl halides is 3. The summed E-state index contributed by atoms with van der Waals surface area (Å²) in [6.45, 7) is 1.25. The first kappa shape index (κ1) is 22.8. The number of amides is 1. The van der Waals surface area contributed by atoms with E-state index in [1.165, 1.54) is 31.7 Å². The van der Waals surface area contributed by atoms with E-state index in [0.29, 0.717) is 13.0 Å². The van der Waals surface area contributed by atoms with Crippen LogP contribution < -0.4 is 19.7 Å². The standard InChI is InChI=1S/C23H27F3N2O3/c1-30-21-14-17(6-10-20(21)31-16-23(24,25)26)7-11-22(29)27-15-18-4-8-19(9-5-18)28-12-2-3-13-28/h4-6,8-10,14H,2-3,7,11-13,15-16H2,1H3,(H,27,29). The molecule has 0 radical (unpaired) electrons. The predicted molar refractivity (Wildman–Crippen MR) is 113 cm³/mol. The van der Waals surface area contributed by atoms with E-state index in [9.17, 15) is 18.0 Å². The number of methoxy groups -OCH3 is 1. The Bertz CT molecular complexity index is 863. The molecule has 31 heavy (non-hydrogen) atoms. The number of ether oxygens (including phenoxy) is 2. The normalized spacial score (nSPS) is 13.9. The van der Waals surface area contributed by atoms with Crippen molar-refractivity contribution in [3.05, 3.63) is 53.6 Å². The quantitative estimate of drug-likeness (QED) is 0.630. The van der Waals surface area contributed by atoms with Gasteiger partial charge in [-0.3, -0.25) is 4.79 Å². The molecule has 8 heteroatoms. The van der Waals surface area contributed by atoms with Crippen LogP contribution in [0.25, 0.3) is 0 Å². The number of carbonyl (C=O) groups excluding carboxylic acids is 1. The molecule has 2 aromatic rings. The molecule has 1 amide bonds. The van der Waals surface area contributed by atoms with Crippen molar-refractivity contribution >= 4 is 11.6 Å². The first-order valence-electron chi connectivity index (χ1n) is 10.3. The second kappa shape index (κ2) is 10.4. The molecule has 1 aliphatic rings. The van der Waals surface area contributed by atoms with Gasteiger partial charge in [0, 0.05) is 31.7 Å². The van der Waals surface area contributed by atoms with Crippen molar-refractivity contribution in [2.75, 3.05) is 31.7 Å². The van der Waals surface area contributed by atoms with Crippen LogP contribution in [-0.4, -0.2) is 38.9 Å². The van der Waals surface area contributed by atoms with Gasteiger partial charge < -0.3 is 19.7 Å². The maximum atomic E-state index is 12.3. The molecular formula is C23H27F3N2O3. The summed E-state index contributed by atoms with van der Waals surface area (Å²) in [6.07, 6.45) is -1.26. The van der Waals surface area contributed by atoms with E-state index in [2.05, 4.69) is 22.3 Å². The van der Waals surface area contributed by atoms with Crippen LogP contribution in [0.3, 0.4) is 0 Å². The summed E-state index contributed by atoms with van der Waals surface area (Å²) in [5.74, 6) is 0.130. The Labute approximate surface area is 180 Å². The Morgan fingerprint density at radius 3 is 2.35 bits per heavy atom. The Hall–Kier alpha value is -2.90. The zero-order valence-corrected chi connectivity index (χ0v) is 17.5. The summed E-state index contributed by atoms with van der Waals surface area (Å²) in [5, 5.41) is 2.90. The highest BCUT2D eigenvalue weighted by atomic mass is 19.4. The Balaban J connectivity index is 1.45. The lowest BCUT2D eigenvalue weighted by molar-refractivity contribution is -0.153. The van der Waals surface area contributed by atoms with E-state index in [-0.39, 0.29) is 23.8 Å². The number of aryl methyl sites for hydroxylation is 1. The third-order valence-electron chi connectivity index (χ3n) is 5.16. The summed E-state index contributed by atoms with van der Waals surface area (Å²) in [7, 11) is 1.36. The molecule has 1 fully saturated rings. The second-order valence-corrected chi connectivity index (χ2v) is 7.53. The van der Waals surface area contributed by atoms with E-state index in [1.54, 1.807) is 12.1 Å². The van der Waals surface area contributed by atoms with E-state index >= 15 is 0 Å². The average Bonchev–Trinajstić information content (AvgIpc) is 3.29. The molecule has 3 rings (SSSR count). The molecule has 0 saturated carbocycles. The number of rotatable bonds is 9. The predicted octanol–water partition coefficient (Wildman–Crippen LogP) is 4.49. The molecule has 0 spiro atoms. The van der Waals surface area contributed by atoms with Crippen LogP contribution in [0.15, 0.2) is 42.5 Å². The first-order chi connectivity index (χ1) is 14.8. The molecule has 5 nitrogen and oxygen atoms in total. The minimum Gasteiger partial charge on any atom is -0.493 e. The molecule has 168 valence electrons. The molecule has 0 bridgehead atoms. The van der Waals surface area contributed by atoms with E-state index < -0.39 is 12.8 Å². The smallest absolute Gasteiger partial charge is 0.422 e. The molecule has 0 atom stereocenters. The molecule has 0 aromatic heterocycles. The van der Waals surface area contributed by atoms with Crippen molar-refractivity contribution in [3.63, 3.8) is 0 Å². The largest absolute Gasteiger partial charge is 0.493 e. The van der Waals surface area contributed by atoms with E-state index in [4.69, 9.17) is 9.47 Å². The number of halogens is 3. The van der Waals surface area contributed by atoms with Crippen molar-refractivity contribution in [1.29, 1.82) is 0 Å². The zero-order valence-electron chi connectivity index (χ0n) is 17.5. The number of hydrogen-bond acceptors (Lipinski definition) is 4. The summed E-state index contributed by atoms with van der Waals surface area (Å²) in [4.78, 5) is 14.6. The summed E-state index contributed by atoms with van der Waals surface area (Å²) in [5.41, 5.74) is 3.02. The van der Waals surface area contributed by atoms with Gasteiger partial charge in [-0.25, -0.2) is 0 Å². The molecule has 1 heterocycles. The van der Waals surface area contributed by atoms with Gasteiger partial charge in [0.2, 0.25) is 5.91 Å². The van der Waals surface area contributed by atoms with Crippen LogP contribution >= 0.6 is 0 Å². The molecule has 1 aliphatic heterocycles. The molecule has 0 unspecified atom stereocenters. The Morgan fingerprint density at radius 1 is 1.03 bits per heavy atom. The van der Waals surface area contributed by atoms with Crippen LogP contribution in [0.4, 0.5) is 18.9 Å². The summed E-state index contributed by atoms with van der Waals surface area (Å²) >= 11 is 0. The van der Waals surface area contributed by atoms with Gasteiger partial charge in [-0.1, -0.05) is 18.2 Å². The summed E-state index contributed by atoms with van der Waals surface area (Å²) in [6, 6.07) is 12.9. The van der Waals surface area contributed by atoms with E-state index in [1.807, 2.05) is 12.1 Å². The van der Waals surface area contributed by atoms with Crippen molar-refractivity contribution in [2.45, 2.75) is 38.4 Å². The highest BCUT2D eigenvalue weighted by molar-refractivity contribution is 5.76. The molecule has 0 aliphatic carbocycles. The maximum Gasteiger partial charge on any atom is 0.422 e. The number of nitrogens with one attached hydrogen (secondary N) is 1. The lowest BCUT2D eigenvalue weighted by Crippen LogP contribution is -2.23. The van der Waals surface area contributed by atoms with Crippen molar-refractivity contribution in [2.24, 2.45) is 0 Å². The summed E-state index contributed by atoms with van der Waals surface area (Å²) < 4.78 is 46.9. The number of carbonyl (C=O) groups is 1. The van der Waals surface area contributed by atoms with Gasteiger partial charge in [0.05, 0.1) is 7.11 Å². The van der Waals surface area contributed by atoms with Crippen LogP contribution in [0.5, 0.6) is 11.5 Å². The average molecular weight is 436 g/mol. The van der Waals surface area contributed by atoms with Crippen LogP contribution in [-0.2, 0) is 17.8 Å². The lowest BCUT2D eigenvalue weighted by atomic mass is 10.1. The highest BCUT2D eigenvalue weighted by Crippen LogP contribution is 2.30. The van der Waals surface area contributed by atoms with Gasteiger partial charge in [0.15, 0.2) is 18.1 Å². The van der Waals surface area contributed by atoms with Gasteiger partial charge in [-0.15, -0.1) is 0 Å². The Morgan fingerprint density at radius 2 is 1.71 bits per heavy atom. The van der Waals surface area contributed by atoms with Crippen molar-refractivity contribution < 1.29 is 27.4 Å². The van der Waals surface area contributed by atoms with Crippen LogP contribution in [0, 0.1) is 0 Å². The van der Waals surface area contributed by atoms with Gasteiger partial charge >= 0.3 is 6.18 Å². The van der Waals surface area contributed by atoms with Gasteiger partial charge in [0.1, 0.15) is 0 Å². The SMILES string of the molecule is COc1cc(CCC(=O)NCc2ccc(N3CCCC3)cc2)ccc1OCC(F)(F)F. The molecular weight excluding hydrogens is 409 g/mol. The minimum atomic E-state index is -4.42. The van der Waals surface area contributed by atoms with Gasteiger partial charge in [-0.2, -0.15) is 13.2 Å². The third kappa shape index (κ3) is 7.08. The first-order valence-corrected chi connectivity index (χ1v) is 10.3. The van der Waals surface area contributed by atoms with Gasteiger partial charge in [-0.05, 0) is 54.7 Å². The second-order valence-electron chi connectivity index (χ2n) is 7.53. The minimum absolute atomic E-state index is 0.0189. The van der Waals surface area contributed by atoms with E-state index in [0.717, 1.165) is 24.2 Å². The number of nitrogens with zero attached hydrogens (tertiary/aromatic N) is 1. The van der Waals surface area contributed by atoms with Crippen molar-refractivity contribution in [3.8, 4) is 11.5 Å². The fraction of sp³-hybridized carbons (Fsp3) is 0.435. The molecule has 2 aromatic carbocycles. The van der Waals surface area contributed by atoms with Crippen LogP contribution in [0.1, 0.15) is 30.4 Å². The maximum absolute atomic E-state index is 12.3. The van der Waals surface area contributed by atoms with Gasteiger partial charge in [0.25, 0.3) is 0 Å².